The molecule has 1 aromatic heterocycles. The van der Waals surface area contributed by atoms with Gasteiger partial charge in [-0.25, -0.2) is 0 Å². The van der Waals surface area contributed by atoms with Crippen LogP contribution in [0.1, 0.15) is 29.8 Å². The molecule has 0 radical (unpaired) electrons. The van der Waals surface area contributed by atoms with Crippen LogP contribution >= 0.6 is 0 Å². The molecule has 1 fully saturated rings. The van der Waals surface area contributed by atoms with Crippen LogP contribution in [0, 0.1) is 25.2 Å². The van der Waals surface area contributed by atoms with Gasteiger partial charge < -0.3 is 15.0 Å². The second-order valence-corrected chi connectivity index (χ2v) is 5.11. The smallest absolute Gasteiger partial charge is 0.259 e. The summed E-state index contributed by atoms with van der Waals surface area (Å²) in [4.78, 5) is 11.1. The number of aromatic nitrogens is 1. The largest absolute Gasteiger partial charge is 0.376 e. The average Bonchev–Trinajstić information content (AvgIpc) is 3.00. The minimum absolute atomic E-state index is 0.0256. The lowest BCUT2D eigenvalue weighted by atomic mass is 10.1. The predicted molar refractivity (Wildman–Crippen MR) is 75.7 cm³/mol. The number of carbonyl (C=O) groups is 1. The molecule has 1 aliphatic rings. The van der Waals surface area contributed by atoms with E-state index in [-0.39, 0.29) is 11.7 Å². The third kappa shape index (κ3) is 2.91. The Balaban J connectivity index is 2.28. The Morgan fingerprint density at radius 2 is 2.40 bits per heavy atom. The zero-order valence-corrected chi connectivity index (χ0v) is 11.8. The Morgan fingerprint density at radius 3 is 2.95 bits per heavy atom. The lowest BCUT2D eigenvalue weighted by molar-refractivity contribution is -0.114. The number of primary amides is 1. The normalized spacial score (nSPS) is 19.1. The third-order valence-corrected chi connectivity index (χ3v) is 3.71. The van der Waals surface area contributed by atoms with Crippen LogP contribution in [0.4, 0.5) is 0 Å². The van der Waals surface area contributed by atoms with Gasteiger partial charge in [-0.1, -0.05) is 0 Å². The highest BCUT2D eigenvalue weighted by atomic mass is 16.5. The lowest BCUT2D eigenvalue weighted by Crippen LogP contribution is -2.17. The highest BCUT2D eigenvalue weighted by molar-refractivity contribution is 6.00. The van der Waals surface area contributed by atoms with Gasteiger partial charge in [-0.15, -0.1) is 0 Å². The monoisotopic (exact) mass is 273 g/mol. The number of nitrogens with zero attached hydrogens (tertiary/aromatic N) is 2. The minimum atomic E-state index is -0.698. The van der Waals surface area contributed by atoms with Crippen molar-refractivity contribution in [2.45, 2.75) is 39.3 Å². The van der Waals surface area contributed by atoms with Crippen LogP contribution in [-0.4, -0.2) is 23.2 Å². The number of ether oxygens (including phenoxy) is 1. The molecule has 1 aromatic rings. The zero-order chi connectivity index (χ0) is 14.7. The van der Waals surface area contributed by atoms with E-state index in [1.54, 1.807) is 6.08 Å². The second kappa shape index (κ2) is 5.93. The van der Waals surface area contributed by atoms with E-state index in [0.717, 1.165) is 42.9 Å². The van der Waals surface area contributed by atoms with Crippen molar-refractivity contribution in [3.8, 4) is 6.07 Å². The summed E-state index contributed by atoms with van der Waals surface area (Å²) in [5.74, 6) is -0.698. The predicted octanol–water partition coefficient (Wildman–Crippen LogP) is 1.68. The number of hydrogen-bond donors (Lipinski definition) is 1. The average molecular weight is 273 g/mol. The molecule has 2 N–H and O–H groups in total. The Hall–Kier alpha value is -2.06. The molecule has 20 heavy (non-hydrogen) atoms. The Labute approximate surface area is 118 Å². The van der Waals surface area contributed by atoms with Gasteiger partial charge in [0.1, 0.15) is 11.6 Å². The highest BCUT2D eigenvalue weighted by Gasteiger charge is 2.18. The summed E-state index contributed by atoms with van der Waals surface area (Å²) in [5.41, 5.74) is 8.11. The van der Waals surface area contributed by atoms with E-state index >= 15 is 0 Å². The van der Waals surface area contributed by atoms with E-state index in [9.17, 15) is 4.79 Å². The topological polar surface area (TPSA) is 81.0 Å². The molecule has 0 aromatic carbocycles. The second-order valence-electron chi connectivity index (χ2n) is 5.11. The molecule has 1 atom stereocenters. The number of nitrogens with two attached hydrogens (primary N) is 1. The first-order valence-corrected chi connectivity index (χ1v) is 6.73. The first-order valence-electron chi connectivity index (χ1n) is 6.73. The van der Waals surface area contributed by atoms with Crippen molar-refractivity contribution in [2.24, 2.45) is 5.73 Å². The number of nitriles is 1. The van der Waals surface area contributed by atoms with Crippen LogP contribution in [0.5, 0.6) is 0 Å². The summed E-state index contributed by atoms with van der Waals surface area (Å²) in [6.45, 7) is 5.63. The van der Waals surface area contributed by atoms with Gasteiger partial charge in [0.25, 0.3) is 5.91 Å². The molecule has 0 saturated carbocycles. The van der Waals surface area contributed by atoms with Gasteiger partial charge >= 0.3 is 0 Å². The molecule has 0 aliphatic carbocycles. The fourth-order valence-electron chi connectivity index (χ4n) is 2.56. The molecule has 2 heterocycles. The molecule has 2 rings (SSSR count). The molecule has 1 saturated heterocycles. The van der Waals surface area contributed by atoms with Gasteiger partial charge in [-0.05, 0) is 44.4 Å². The summed E-state index contributed by atoms with van der Waals surface area (Å²) in [7, 11) is 0. The van der Waals surface area contributed by atoms with Crippen molar-refractivity contribution in [2.75, 3.05) is 6.61 Å². The summed E-state index contributed by atoms with van der Waals surface area (Å²) >= 11 is 0. The van der Waals surface area contributed by atoms with E-state index in [4.69, 9.17) is 15.7 Å². The molecule has 5 heteroatoms. The zero-order valence-electron chi connectivity index (χ0n) is 11.8. The van der Waals surface area contributed by atoms with E-state index in [2.05, 4.69) is 4.57 Å². The first kappa shape index (κ1) is 14.4. The maximum absolute atomic E-state index is 11.1. The molecular formula is C15H19N3O2. The van der Waals surface area contributed by atoms with Crippen molar-refractivity contribution in [1.82, 2.24) is 4.57 Å². The SMILES string of the molecule is Cc1cc(/C=C(\C#N)C(N)=O)c(C)n1CC1CCCO1. The highest BCUT2D eigenvalue weighted by Crippen LogP contribution is 2.21. The van der Waals surface area contributed by atoms with E-state index < -0.39 is 5.91 Å². The lowest BCUT2D eigenvalue weighted by Gasteiger charge is -2.14. The number of aryl methyl sites for hydroxylation is 1. The Morgan fingerprint density at radius 1 is 1.65 bits per heavy atom. The van der Waals surface area contributed by atoms with Crippen molar-refractivity contribution in [3.63, 3.8) is 0 Å². The van der Waals surface area contributed by atoms with Crippen molar-refractivity contribution < 1.29 is 9.53 Å². The summed E-state index contributed by atoms with van der Waals surface area (Å²) in [6.07, 6.45) is 3.99. The molecule has 5 nitrogen and oxygen atoms in total. The third-order valence-electron chi connectivity index (χ3n) is 3.71. The van der Waals surface area contributed by atoms with Gasteiger partial charge in [0.15, 0.2) is 0 Å². The van der Waals surface area contributed by atoms with Crippen LogP contribution in [0.15, 0.2) is 11.6 Å². The van der Waals surface area contributed by atoms with Crippen LogP contribution < -0.4 is 5.73 Å². The van der Waals surface area contributed by atoms with E-state index in [1.165, 1.54) is 0 Å². The molecular weight excluding hydrogens is 254 g/mol. The number of hydrogen-bond acceptors (Lipinski definition) is 3. The number of rotatable bonds is 4. The van der Waals surface area contributed by atoms with Gasteiger partial charge in [-0.2, -0.15) is 5.26 Å². The maximum Gasteiger partial charge on any atom is 0.259 e. The Kier molecular flexibility index (Phi) is 4.26. The fraction of sp³-hybridized carbons (Fsp3) is 0.467. The Bertz CT molecular complexity index is 587. The molecule has 0 spiro atoms. The van der Waals surface area contributed by atoms with Gasteiger partial charge in [0.05, 0.1) is 6.10 Å². The van der Waals surface area contributed by atoms with Gasteiger partial charge in [0, 0.05) is 24.5 Å². The van der Waals surface area contributed by atoms with Crippen molar-refractivity contribution in [1.29, 1.82) is 5.26 Å². The van der Waals surface area contributed by atoms with Crippen LogP contribution in [0.25, 0.3) is 6.08 Å². The van der Waals surface area contributed by atoms with Crippen LogP contribution in [0.2, 0.25) is 0 Å². The van der Waals surface area contributed by atoms with Crippen molar-refractivity contribution in [3.05, 3.63) is 28.6 Å². The molecule has 1 unspecified atom stereocenters. The van der Waals surface area contributed by atoms with E-state index in [0.29, 0.717) is 0 Å². The molecule has 1 amide bonds. The minimum Gasteiger partial charge on any atom is -0.376 e. The summed E-state index contributed by atoms with van der Waals surface area (Å²) < 4.78 is 7.82. The number of carbonyl (C=O) groups excluding carboxylic acids is 1. The van der Waals surface area contributed by atoms with E-state index in [1.807, 2.05) is 26.0 Å². The van der Waals surface area contributed by atoms with Gasteiger partial charge in [-0.3, -0.25) is 4.79 Å². The molecule has 1 aliphatic heterocycles. The molecule has 0 bridgehead atoms. The van der Waals surface area contributed by atoms with Crippen LogP contribution in [0.3, 0.4) is 0 Å². The number of amides is 1. The van der Waals surface area contributed by atoms with Crippen molar-refractivity contribution >= 4 is 12.0 Å². The van der Waals surface area contributed by atoms with Gasteiger partial charge in [0.2, 0.25) is 0 Å². The fourth-order valence-corrected chi connectivity index (χ4v) is 2.56. The summed E-state index contributed by atoms with van der Waals surface area (Å²) in [6, 6.07) is 3.79. The molecule has 106 valence electrons. The maximum atomic E-state index is 11.1. The standard InChI is InChI=1S/C15H19N3O2/c1-10-6-12(7-13(8-16)15(17)19)11(2)18(10)9-14-4-3-5-20-14/h6-7,14H,3-5,9H2,1-2H3,(H2,17,19)/b13-7+. The summed E-state index contributed by atoms with van der Waals surface area (Å²) in [5, 5.41) is 8.91. The first-order chi connectivity index (χ1) is 9.52. The van der Waals surface area contributed by atoms with Crippen LogP contribution in [-0.2, 0) is 16.1 Å². The quantitative estimate of drug-likeness (QED) is 0.669.